The van der Waals surface area contributed by atoms with Crippen molar-refractivity contribution < 1.29 is 19.1 Å². The molecule has 2 aromatic heterocycles. The normalized spacial score (nSPS) is 11.5. The van der Waals surface area contributed by atoms with Gasteiger partial charge in [-0.2, -0.15) is 0 Å². The van der Waals surface area contributed by atoms with E-state index < -0.39 is 23.5 Å². The van der Waals surface area contributed by atoms with E-state index in [1.54, 1.807) is 19.1 Å². The van der Waals surface area contributed by atoms with Crippen LogP contribution >= 0.6 is 0 Å². The quantitative estimate of drug-likeness (QED) is 0.616. The molecule has 0 spiro atoms. The van der Waals surface area contributed by atoms with Crippen molar-refractivity contribution in [2.75, 3.05) is 13.2 Å². The molecule has 0 radical (unpaired) electrons. The fourth-order valence-corrected chi connectivity index (χ4v) is 2.24. The molecule has 2 rings (SSSR count). The van der Waals surface area contributed by atoms with Crippen molar-refractivity contribution >= 4 is 11.9 Å². The fourth-order valence-electron chi connectivity index (χ4n) is 2.24. The summed E-state index contributed by atoms with van der Waals surface area (Å²) in [5.74, 6) is -1.27. The van der Waals surface area contributed by atoms with Crippen molar-refractivity contribution in [2.45, 2.75) is 13.0 Å². The predicted octanol–water partition coefficient (Wildman–Crippen LogP) is 1.67. The number of rotatable bonds is 7. The van der Waals surface area contributed by atoms with Crippen LogP contribution in [0.3, 0.4) is 0 Å². The number of esters is 2. The van der Waals surface area contributed by atoms with Gasteiger partial charge in [0.05, 0.1) is 17.9 Å². The van der Waals surface area contributed by atoms with Crippen molar-refractivity contribution in [1.82, 2.24) is 9.55 Å². The van der Waals surface area contributed by atoms with Crippen LogP contribution < -0.4 is 5.56 Å². The highest BCUT2D eigenvalue weighted by atomic mass is 16.5. The van der Waals surface area contributed by atoms with Crippen molar-refractivity contribution in [3.63, 3.8) is 0 Å². The Hall–Kier alpha value is -3.09. The largest absolute Gasteiger partial charge is 0.464 e. The van der Waals surface area contributed by atoms with Gasteiger partial charge < -0.3 is 14.5 Å². The number of nitrogens with one attached hydrogen (secondary N) is 1. The number of carbonyl (C=O) groups excluding carboxylic acids is 2. The molecule has 0 bridgehead atoms. The van der Waals surface area contributed by atoms with E-state index in [0.29, 0.717) is 0 Å². The van der Waals surface area contributed by atoms with Crippen molar-refractivity contribution in [3.8, 4) is 0 Å². The van der Waals surface area contributed by atoms with E-state index >= 15 is 0 Å². The number of aromatic nitrogens is 2. The Balaban J connectivity index is 2.50. The van der Waals surface area contributed by atoms with E-state index in [2.05, 4.69) is 11.6 Å². The molecule has 0 aliphatic heterocycles. The van der Waals surface area contributed by atoms with Crippen LogP contribution in [0.2, 0.25) is 0 Å². The summed E-state index contributed by atoms with van der Waals surface area (Å²) < 4.78 is 11.3. The lowest BCUT2D eigenvalue weighted by molar-refractivity contribution is -0.145. The molecule has 0 aromatic carbocycles. The zero-order chi connectivity index (χ0) is 17.5. The van der Waals surface area contributed by atoms with Gasteiger partial charge in [0, 0.05) is 18.5 Å². The first-order valence-electron chi connectivity index (χ1n) is 7.39. The lowest BCUT2D eigenvalue weighted by Gasteiger charge is -2.18. The first-order chi connectivity index (χ1) is 11.6. The molecule has 0 fully saturated rings. The minimum atomic E-state index is -1.11. The van der Waals surface area contributed by atoms with E-state index in [9.17, 15) is 14.4 Å². The van der Waals surface area contributed by atoms with Crippen LogP contribution in [0, 0.1) is 0 Å². The van der Waals surface area contributed by atoms with E-state index in [4.69, 9.17) is 9.47 Å². The number of hydrogen-bond acceptors (Lipinski definition) is 5. The zero-order valence-electron chi connectivity index (χ0n) is 13.2. The molecule has 1 N–H and O–H groups in total. The molecular formula is C17H18N2O5. The van der Waals surface area contributed by atoms with Crippen molar-refractivity contribution in [3.05, 3.63) is 70.9 Å². The number of hydrogen-bond donors (Lipinski definition) is 1. The van der Waals surface area contributed by atoms with E-state index in [1.807, 2.05) is 0 Å². The Morgan fingerprint density at radius 2 is 2.12 bits per heavy atom. The van der Waals surface area contributed by atoms with Crippen LogP contribution in [0.5, 0.6) is 0 Å². The van der Waals surface area contributed by atoms with Crippen molar-refractivity contribution in [2.24, 2.45) is 0 Å². The second-order valence-corrected chi connectivity index (χ2v) is 4.79. The third kappa shape index (κ3) is 3.62. The van der Waals surface area contributed by atoms with E-state index in [0.717, 1.165) is 0 Å². The average Bonchev–Trinajstić information content (AvgIpc) is 3.04. The number of H-pyrrole nitrogens is 1. The van der Waals surface area contributed by atoms with Crippen molar-refractivity contribution in [1.29, 1.82) is 0 Å². The number of carbonyl (C=O) groups is 2. The summed E-state index contributed by atoms with van der Waals surface area (Å²) in [4.78, 5) is 39.5. The second kappa shape index (κ2) is 7.96. The summed E-state index contributed by atoms with van der Waals surface area (Å²) in [5, 5.41) is 0. The van der Waals surface area contributed by atoms with Gasteiger partial charge in [-0.25, -0.2) is 9.59 Å². The minimum absolute atomic E-state index is 0.0405. The first-order valence-corrected chi connectivity index (χ1v) is 7.39. The maximum Gasteiger partial charge on any atom is 0.340 e. The molecule has 24 heavy (non-hydrogen) atoms. The molecule has 126 valence electrons. The van der Waals surface area contributed by atoms with Gasteiger partial charge >= 0.3 is 11.9 Å². The van der Waals surface area contributed by atoms with Gasteiger partial charge in [-0.1, -0.05) is 18.7 Å². The monoisotopic (exact) mass is 330 g/mol. The molecule has 0 aliphatic rings. The molecule has 7 heteroatoms. The highest BCUT2D eigenvalue weighted by molar-refractivity contribution is 5.93. The summed E-state index contributed by atoms with van der Waals surface area (Å²) in [5.41, 5.74) is -0.00275. The third-order valence-electron chi connectivity index (χ3n) is 3.24. The van der Waals surface area contributed by atoms with Crippen LogP contribution in [-0.4, -0.2) is 34.7 Å². The molecular weight excluding hydrogens is 312 g/mol. The highest BCUT2D eigenvalue weighted by Crippen LogP contribution is 2.22. The Morgan fingerprint density at radius 1 is 1.33 bits per heavy atom. The van der Waals surface area contributed by atoms with Crippen LogP contribution in [-0.2, 0) is 14.3 Å². The summed E-state index contributed by atoms with van der Waals surface area (Å²) in [6.45, 7) is 5.33. The molecule has 1 unspecified atom stereocenters. The topological polar surface area (TPSA) is 90.4 Å². The minimum Gasteiger partial charge on any atom is -0.464 e. The second-order valence-electron chi connectivity index (χ2n) is 4.79. The number of ether oxygens (including phenoxy) is 2. The summed E-state index contributed by atoms with van der Waals surface area (Å²) in [7, 11) is 0. The Bertz CT molecular complexity index is 790. The Morgan fingerprint density at radius 3 is 2.79 bits per heavy atom. The number of pyridine rings is 1. The van der Waals surface area contributed by atoms with Gasteiger partial charge in [-0.15, -0.1) is 0 Å². The zero-order valence-corrected chi connectivity index (χ0v) is 13.2. The first kappa shape index (κ1) is 17.3. The number of aromatic amines is 1. The molecule has 2 aromatic rings. The lowest BCUT2D eigenvalue weighted by Crippen LogP contribution is -2.32. The smallest absolute Gasteiger partial charge is 0.340 e. The summed E-state index contributed by atoms with van der Waals surface area (Å²) in [6, 6.07) is 4.88. The van der Waals surface area contributed by atoms with Crippen LogP contribution in [0.25, 0.3) is 0 Å². The van der Waals surface area contributed by atoms with Gasteiger partial charge in [0.2, 0.25) is 0 Å². The van der Waals surface area contributed by atoms with Crippen LogP contribution in [0.1, 0.15) is 29.0 Å². The lowest BCUT2D eigenvalue weighted by atomic mass is 10.1. The van der Waals surface area contributed by atoms with Gasteiger partial charge in [-0.05, 0) is 19.1 Å². The SMILES string of the molecule is C=CCOC(=O)c1cc[nH]c1C(C(=O)OCC)n1ccccc1=O. The van der Waals surface area contributed by atoms with Gasteiger partial charge in [0.25, 0.3) is 5.56 Å². The van der Waals surface area contributed by atoms with Gasteiger partial charge in [0.1, 0.15) is 6.61 Å². The average molecular weight is 330 g/mol. The standard InChI is InChI=1S/C17H18N2O5/c1-3-11-24-16(21)12-8-9-18-14(12)15(17(22)23-4-2)19-10-6-5-7-13(19)20/h3,5-10,15,18H,1,4,11H2,2H3. The maximum absolute atomic E-state index is 12.4. The van der Waals surface area contributed by atoms with Gasteiger partial charge in [0.15, 0.2) is 6.04 Å². The third-order valence-corrected chi connectivity index (χ3v) is 3.24. The molecule has 0 amide bonds. The number of nitrogens with zero attached hydrogens (tertiary/aromatic N) is 1. The maximum atomic E-state index is 12.4. The fraction of sp³-hybridized carbons (Fsp3) is 0.235. The highest BCUT2D eigenvalue weighted by Gasteiger charge is 2.30. The molecule has 0 saturated heterocycles. The predicted molar refractivity (Wildman–Crippen MR) is 86.7 cm³/mol. The molecule has 1 atom stereocenters. The Kier molecular flexibility index (Phi) is 5.73. The summed E-state index contributed by atoms with van der Waals surface area (Å²) >= 11 is 0. The van der Waals surface area contributed by atoms with E-state index in [-0.39, 0.29) is 24.5 Å². The molecule has 2 heterocycles. The summed E-state index contributed by atoms with van der Waals surface area (Å²) in [6.07, 6.45) is 4.40. The van der Waals surface area contributed by atoms with Crippen LogP contribution in [0.4, 0.5) is 0 Å². The molecule has 0 aliphatic carbocycles. The molecule has 7 nitrogen and oxygen atoms in total. The van der Waals surface area contributed by atoms with Gasteiger partial charge in [-0.3, -0.25) is 9.36 Å². The van der Waals surface area contributed by atoms with Crippen LogP contribution in [0.15, 0.2) is 54.1 Å². The Labute approximate surface area is 138 Å². The van der Waals surface area contributed by atoms with E-state index in [1.165, 1.54) is 35.2 Å². The molecule has 0 saturated carbocycles.